The lowest BCUT2D eigenvalue weighted by Gasteiger charge is -2.24. The third-order valence-corrected chi connectivity index (χ3v) is 5.62. The number of anilines is 4. The van der Waals surface area contributed by atoms with Crippen molar-refractivity contribution in [2.75, 3.05) is 16.0 Å². The summed E-state index contributed by atoms with van der Waals surface area (Å²) in [5.41, 5.74) is 11.2. The number of nitrogens with one attached hydrogen (secondary N) is 2. The van der Waals surface area contributed by atoms with Crippen LogP contribution in [0.1, 0.15) is 29.2 Å². The van der Waals surface area contributed by atoms with Gasteiger partial charge < -0.3 is 16.0 Å². The molecule has 29 heavy (non-hydrogen) atoms. The number of nitrogens with two attached hydrogens (primary N) is 1. The minimum absolute atomic E-state index is 0.115. The molecule has 0 saturated heterocycles. The molecule has 0 saturated carbocycles. The molecule has 6 nitrogen and oxygen atoms in total. The van der Waals surface area contributed by atoms with Gasteiger partial charge >= 0.3 is 0 Å². The minimum atomic E-state index is -0.354. The first-order valence-corrected chi connectivity index (χ1v) is 9.92. The fourth-order valence-corrected chi connectivity index (χ4v) is 4.19. The van der Waals surface area contributed by atoms with Crippen LogP contribution in [0.5, 0.6) is 0 Å². The van der Waals surface area contributed by atoms with Crippen molar-refractivity contribution < 1.29 is 0 Å². The molecular formula is C22H23N5OS. The highest BCUT2D eigenvalue weighted by molar-refractivity contribution is 7.81. The fraction of sp³-hybridized carbons (Fsp3) is 0.227. The van der Waals surface area contributed by atoms with Crippen LogP contribution < -0.4 is 21.5 Å². The van der Waals surface area contributed by atoms with Gasteiger partial charge in [-0.05, 0) is 49.9 Å². The Bertz CT molecular complexity index is 1150. The van der Waals surface area contributed by atoms with E-state index < -0.39 is 0 Å². The molecule has 148 valence electrons. The Morgan fingerprint density at radius 1 is 1.21 bits per heavy atom. The summed E-state index contributed by atoms with van der Waals surface area (Å²) >= 11 is 5.50. The van der Waals surface area contributed by atoms with Gasteiger partial charge in [0, 0.05) is 17.4 Å². The zero-order chi connectivity index (χ0) is 20.7. The molecule has 4 rings (SSSR count). The van der Waals surface area contributed by atoms with Crippen LogP contribution in [0.3, 0.4) is 0 Å². The number of hydrogen-bond acceptors (Lipinski definition) is 5. The summed E-state index contributed by atoms with van der Waals surface area (Å²) in [6.45, 7) is 6.06. The fourth-order valence-electron chi connectivity index (χ4n) is 3.89. The third kappa shape index (κ3) is 3.38. The Morgan fingerprint density at radius 2 is 1.90 bits per heavy atom. The number of aryl methyl sites for hydroxylation is 2. The summed E-state index contributed by atoms with van der Waals surface area (Å²) < 4.78 is 0. The Morgan fingerprint density at radius 3 is 2.59 bits per heavy atom. The second-order valence-electron chi connectivity index (χ2n) is 7.42. The van der Waals surface area contributed by atoms with E-state index in [1.165, 1.54) is 5.56 Å². The normalized spacial score (nSPS) is 15.3. The average molecular weight is 406 g/mol. The second-order valence-corrected chi connectivity index (χ2v) is 7.83. The molecule has 1 aliphatic rings. The van der Waals surface area contributed by atoms with Gasteiger partial charge in [0.25, 0.3) is 5.56 Å². The van der Waals surface area contributed by atoms with Gasteiger partial charge in [0.05, 0.1) is 0 Å². The topological polar surface area (TPSA) is 87.0 Å². The maximum absolute atomic E-state index is 12.9. The van der Waals surface area contributed by atoms with Crippen molar-refractivity contribution in [2.24, 2.45) is 0 Å². The van der Waals surface area contributed by atoms with Crippen molar-refractivity contribution >= 4 is 40.3 Å². The van der Waals surface area contributed by atoms with Crippen molar-refractivity contribution in [3.8, 4) is 0 Å². The minimum Gasteiger partial charge on any atom is -0.383 e. The molecule has 2 heterocycles. The second kappa shape index (κ2) is 7.33. The van der Waals surface area contributed by atoms with Crippen molar-refractivity contribution in [1.82, 2.24) is 9.97 Å². The van der Waals surface area contributed by atoms with Gasteiger partial charge in [-0.1, -0.05) is 48.6 Å². The standard InChI is InChI=1S/C22H23N5OS/c1-12-7-6-8-13(2)18(12)24-21(29)17-19(23)25-22(26-20(17)28)27-14(3)11-15-9-4-5-10-16(15)27/h4-10,14H,11H2,1-3H3,(H,24,29)(H3,23,25,26,28)/t14-/m0/s1. The van der Waals surface area contributed by atoms with E-state index in [2.05, 4.69) is 28.3 Å². The van der Waals surface area contributed by atoms with Gasteiger partial charge in [0.15, 0.2) is 0 Å². The number of hydrogen-bond donors (Lipinski definition) is 3. The van der Waals surface area contributed by atoms with Crippen LogP contribution in [0, 0.1) is 13.8 Å². The van der Waals surface area contributed by atoms with E-state index in [0.29, 0.717) is 5.95 Å². The van der Waals surface area contributed by atoms with Crippen molar-refractivity contribution in [3.63, 3.8) is 0 Å². The molecule has 7 heteroatoms. The van der Waals surface area contributed by atoms with Crippen LogP contribution >= 0.6 is 12.2 Å². The summed E-state index contributed by atoms with van der Waals surface area (Å²) in [6.07, 6.45) is 0.883. The van der Waals surface area contributed by atoms with E-state index in [4.69, 9.17) is 18.0 Å². The molecular weight excluding hydrogens is 382 g/mol. The monoisotopic (exact) mass is 405 g/mol. The van der Waals surface area contributed by atoms with E-state index in [1.807, 2.05) is 55.1 Å². The molecule has 2 aromatic carbocycles. The third-order valence-electron chi connectivity index (χ3n) is 5.32. The van der Waals surface area contributed by atoms with Crippen molar-refractivity contribution in [3.05, 3.63) is 75.1 Å². The van der Waals surface area contributed by atoms with Gasteiger partial charge in [0.1, 0.15) is 16.4 Å². The van der Waals surface area contributed by atoms with Crippen LogP contribution in [0.15, 0.2) is 47.3 Å². The van der Waals surface area contributed by atoms with E-state index in [1.54, 1.807) is 0 Å². The lowest BCUT2D eigenvalue weighted by Crippen LogP contribution is -2.32. The smallest absolute Gasteiger partial charge is 0.264 e. The Labute approximate surface area is 174 Å². The van der Waals surface area contributed by atoms with Crippen molar-refractivity contribution in [2.45, 2.75) is 33.2 Å². The number of fused-ring (bicyclic) bond motifs is 1. The highest BCUT2D eigenvalue weighted by atomic mass is 32.1. The SMILES string of the molecule is Cc1cccc(C)c1NC(=S)c1c(N)nc(N2c3ccccc3C[C@@H]2C)[nH]c1=O. The molecule has 1 atom stereocenters. The average Bonchev–Trinajstić information content (AvgIpc) is 3.00. The number of aromatic nitrogens is 2. The number of nitrogen functional groups attached to an aromatic ring is 1. The highest BCUT2D eigenvalue weighted by Crippen LogP contribution is 2.36. The Hall–Kier alpha value is -3.19. The van der Waals surface area contributed by atoms with E-state index in [0.717, 1.165) is 28.9 Å². The number of nitrogens with zero attached hydrogens (tertiary/aromatic N) is 2. The van der Waals surface area contributed by atoms with E-state index in [9.17, 15) is 4.79 Å². The summed E-state index contributed by atoms with van der Waals surface area (Å²) in [5, 5.41) is 3.17. The summed E-state index contributed by atoms with van der Waals surface area (Å²) in [5.74, 6) is 0.549. The molecule has 4 N–H and O–H groups in total. The van der Waals surface area contributed by atoms with Crippen molar-refractivity contribution in [1.29, 1.82) is 0 Å². The maximum atomic E-state index is 12.9. The summed E-state index contributed by atoms with van der Waals surface area (Å²) in [7, 11) is 0. The molecule has 0 spiro atoms. The van der Waals surface area contributed by atoms with Gasteiger partial charge in [-0.25, -0.2) is 0 Å². The first-order valence-electron chi connectivity index (χ1n) is 9.51. The molecule has 0 fully saturated rings. The van der Waals surface area contributed by atoms with Crippen LogP contribution in [0.2, 0.25) is 0 Å². The molecule has 0 bridgehead atoms. The molecule has 0 unspecified atom stereocenters. The molecule has 0 aliphatic carbocycles. The first-order chi connectivity index (χ1) is 13.9. The lowest BCUT2D eigenvalue weighted by atomic mass is 10.1. The molecule has 1 aliphatic heterocycles. The molecule has 1 aromatic heterocycles. The summed E-state index contributed by atoms with van der Waals surface area (Å²) in [6, 6.07) is 14.2. The van der Waals surface area contributed by atoms with Crippen LogP contribution in [-0.4, -0.2) is 21.0 Å². The summed E-state index contributed by atoms with van der Waals surface area (Å²) in [4.78, 5) is 22.6. The van der Waals surface area contributed by atoms with Crippen LogP contribution in [0.4, 0.5) is 23.1 Å². The van der Waals surface area contributed by atoms with Gasteiger partial charge in [-0.15, -0.1) is 0 Å². The largest absolute Gasteiger partial charge is 0.383 e. The Balaban J connectivity index is 1.70. The number of H-pyrrole nitrogens is 1. The van der Waals surface area contributed by atoms with Gasteiger partial charge in [0.2, 0.25) is 5.95 Å². The van der Waals surface area contributed by atoms with Gasteiger partial charge in [-0.3, -0.25) is 9.78 Å². The number of benzene rings is 2. The lowest BCUT2D eigenvalue weighted by molar-refractivity contribution is 0.738. The number of rotatable bonds is 3. The maximum Gasteiger partial charge on any atom is 0.264 e. The number of thiocarbonyl (C=S) groups is 1. The quantitative estimate of drug-likeness (QED) is 0.574. The van der Waals surface area contributed by atoms with Gasteiger partial charge in [-0.2, -0.15) is 4.98 Å². The predicted octanol–water partition coefficient (Wildman–Crippen LogP) is 3.84. The zero-order valence-corrected chi connectivity index (χ0v) is 17.4. The van der Waals surface area contributed by atoms with Crippen LogP contribution in [0.25, 0.3) is 0 Å². The van der Waals surface area contributed by atoms with Crippen LogP contribution in [-0.2, 0) is 6.42 Å². The number of para-hydroxylation sites is 2. The zero-order valence-electron chi connectivity index (χ0n) is 16.6. The van der Waals surface area contributed by atoms with E-state index >= 15 is 0 Å². The number of aromatic amines is 1. The highest BCUT2D eigenvalue weighted by Gasteiger charge is 2.29. The molecule has 3 aromatic rings. The predicted molar refractivity (Wildman–Crippen MR) is 122 cm³/mol. The Kier molecular flexibility index (Phi) is 4.84. The first kappa shape index (κ1) is 19.1. The van der Waals surface area contributed by atoms with E-state index in [-0.39, 0.29) is 28.0 Å². The molecule has 0 radical (unpaired) electrons. The molecule has 0 amide bonds.